The molecule has 124 valence electrons. The second-order valence-electron chi connectivity index (χ2n) is 5.35. The summed E-state index contributed by atoms with van der Waals surface area (Å²) in [5.41, 5.74) is 0.478. The van der Waals surface area contributed by atoms with Crippen molar-refractivity contribution in [3.05, 3.63) is 30.0 Å². The molecule has 1 aliphatic heterocycles. The molecule has 3 N–H and O–H groups in total. The average Bonchev–Trinajstić information content (AvgIpc) is 3.01. The Morgan fingerprint density at radius 1 is 1.25 bits per heavy atom. The third-order valence-corrected chi connectivity index (χ3v) is 3.09. The van der Waals surface area contributed by atoms with E-state index in [1.807, 2.05) is 0 Å². The molecule has 0 bridgehead atoms. The van der Waals surface area contributed by atoms with Gasteiger partial charge in [-0.15, -0.1) is 10.2 Å². The summed E-state index contributed by atoms with van der Waals surface area (Å²) >= 11 is 0. The molecule has 0 amide bonds. The fourth-order valence-electron chi connectivity index (χ4n) is 2.00. The minimum atomic E-state index is -1.31. The number of nitrogens with one attached hydrogen (secondary N) is 2. The molecule has 0 saturated carbocycles. The molecule has 3 rings (SSSR count). The van der Waals surface area contributed by atoms with Crippen LogP contribution >= 0.6 is 0 Å². The number of ether oxygens (including phenoxy) is 2. The Balaban J connectivity index is 1.85. The first-order chi connectivity index (χ1) is 11.4. The smallest absolute Gasteiger partial charge is 0.350 e. The maximum absolute atomic E-state index is 11.9. The molecule has 24 heavy (non-hydrogen) atoms. The standard InChI is InChI=1S/C14H13N5O5/c1-14(2)23-12(21)8(13(22)24-14)6-15-9-5-7(3-4-10(9)20)11-16-18-19-17-11/h3-6,15,20H,1-2H3,(H,16,17,18,19). The second kappa shape index (κ2) is 5.65. The van der Waals surface area contributed by atoms with Gasteiger partial charge < -0.3 is 19.9 Å². The Morgan fingerprint density at radius 2 is 1.96 bits per heavy atom. The molecule has 0 spiro atoms. The minimum absolute atomic E-state index is 0.100. The predicted molar refractivity (Wildman–Crippen MR) is 79.2 cm³/mol. The molecule has 0 atom stereocenters. The summed E-state index contributed by atoms with van der Waals surface area (Å²) in [6, 6.07) is 4.53. The van der Waals surface area contributed by atoms with Gasteiger partial charge in [-0.1, -0.05) is 0 Å². The van der Waals surface area contributed by atoms with Gasteiger partial charge in [-0.25, -0.2) is 9.59 Å². The summed E-state index contributed by atoms with van der Waals surface area (Å²) in [6.07, 6.45) is 1.11. The number of tetrazole rings is 1. The summed E-state index contributed by atoms with van der Waals surface area (Å²) in [6.45, 7) is 2.90. The van der Waals surface area contributed by atoms with Crippen LogP contribution in [0.4, 0.5) is 5.69 Å². The van der Waals surface area contributed by atoms with E-state index in [0.29, 0.717) is 11.4 Å². The maximum Gasteiger partial charge on any atom is 0.350 e. The van der Waals surface area contributed by atoms with Crippen LogP contribution < -0.4 is 5.32 Å². The van der Waals surface area contributed by atoms with Gasteiger partial charge in [-0.3, -0.25) is 0 Å². The zero-order valence-electron chi connectivity index (χ0n) is 12.7. The van der Waals surface area contributed by atoms with Crippen LogP contribution in [0, 0.1) is 0 Å². The number of aromatic amines is 1. The number of anilines is 1. The quantitative estimate of drug-likeness (QED) is 0.321. The van der Waals surface area contributed by atoms with Crippen LogP contribution in [0.2, 0.25) is 0 Å². The SMILES string of the molecule is CC1(C)OC(=O)C(=CNc2cc(-c3nn[nH]n3)ccc2O)C(=O)O1. The average molecular weight is 331 g/mol. The lowest BCUT2D eigenvalue weighted by atomic mass is 10.1. The van der Waals surface area contributed by atoms with Gasteiger partial charge in [0.25, 0.3) is 5.79 Å². The van der Waals surface area contributed by atoms with E-state index in [4.69, 9.17) is 9.47 Å². The normalized spacial score (nSPS) is 16.3. The van der Waals surface area contributed by atoms with Gasteiger partial charge in [0, 0.05) is 25.6 Å². The number of aromatic hydroxyl groups is 1. The summed E-state index contributed by atoms with van der Waals surface area (Å²) in [4.78, 5) is 23.7. The number of nitrogens with zero attached hydrogens (tertiary/aromatic N) is 3. The molecule has 0 aliphatic carbocycles. The number of hydrogen-bond donors (Lipinski definition) is 3. The van der Waals surface area contributed by atoms with Crippen LogP contribution in [0.25, 0.3) is 11.4 Å². The summed E-state index contributed by atoms with van der Waals surface area (Å²) < 4.78 is 9.95. The molecule has 1 fully saturated rings. The number of rotatable bonds is 3. The Kier molecular flexibility index (Phi) is 3.64. The topological polar surface area (TPSA) is 139 Å². The third-order valence-electron chi connectivity index (χ3n) is 3.09. The van der Waals surface area contributed by atoms with Crippen LogP contribution in [-0.4, -0.2) is 43.5 Å². The summed E-state index contributed by atoms with van der Waals surface area (Å²) in [7, 11) is 0. The fraction of sp³-hybridized carbons (Fsp3) is 0.214. The lowest BCUT2D eigenvalue weighted by molar-refractivity contribution is -0.222. The Bertz CT molecular complexity index is 806. The van der Waals surface area contributed by atoms with E-state index in [0.717, 1.165) is 6.20 Å². The molecule has 2 heterocycles. The number of cyclic esters (lactones) is 2. The van der Waals surface area contributed by atoms with Crippen molar-refractivity contribution in [2.75, 3.05) is 5.32 Å². The van der Waals surface area contributed by atoms with E-state index in [1.54, 1.807) is 6.07 Å². The Hall–Kier alpha value is -3.43. The third kappa shape index (κ3) is 3.02. The van der Waals surface area contributed by atoms with Gasteiger partial charge in [0.2, 0.25) is 5.82 Å². The number of carbonyl (C=O) groups excluding carboxylic acids is 2. The molecule has 1 aromatic carbocycles. The summed E-state index contributed by atoms with van der Waals surface area (Å²) in [5.74, 6) is -2.73. The number of H-pyrrole nitrogens is 1. The van der Waals surface area contributed by atoms with Crippen LogP contribution in [0.1, 0.15) is 13.8 Å². The first-order valence-electron chi connectivity index (χ1n) is 6.86. The number of esters is 2. The number of phenolic OH excluding ortho intramolecular Hbond substituents is 1. The van der Waals surface area contributed by atoms with Crippen LogP contribution in [0.15, 0.2) is 30.0 Å². The zero-order valence-corrected chi connectivity index (χ0v) is 12.7. The Morgan fingerprint density at radius 3 is 2.58 bits per heavy atom. The lowest BCUT2D eigenvalue weighted by Crippen LogP contribution is -2.42. The minimum Gasteiger partial charge on any atom is -0.506 e. The van der Waals surface area contributed by atoms with Crippen molar-refractivity contribution >= 4 is 17.6 Å². The van der Waals surface area contributed by atoms with E-state index in [2.05, 4.69) is 25.9 Å². The van der Waals surface area contributed by atoms with Crippen LogP contribution in [-0.2, 0) is 19.1 Å². The Labute approximate surface area is 135 Å². The summed E-state index contributed by atoms with van der Waals surface area (Å²) in [5, 5.41) is 26.0. The fourth-order valence-corrected chi connectivity index (χ4v) is 2.00. The van der Waals surface area contributed by atoms with E-state index in [9.17, 15) is 14.7 Å². The van der Waals surface area contributed by atoms with Crippen molar-refractivity contribution in [1.29, 1.82) is 0 Å². The first-order valence-corrected chi connectivity index (χ1v) is 6.86. The highest BCUT2D eigenvalue weighted by atomic mass is 16.7. The van der Waals surface area contributed by atoms with Gasteiger partial charge in [0.05, 0.1) is 5.69 Å². The van der Waals surface area contributed by atoms with Gasteiger partial charge in [0.1, 0.15) is 5.75 Å². The molecule has 1 saturated heterocycles. The van der Waals surface area contributed by atoms with E-state index >= 15 is 0 Å². The molecular weight excluding hydrogens is 318 g/mol. The van der Waals surface area contributed by atoms with Crippen LogP contribution in [0.3, 0.4) is 0 Å². The predicted octanol–water partition coefficient (Wildman–Crippen LogP) is 0.704. The van der Waals surface area contributed by atoms with Crippen molar-refractivity contribution in [3.8, 4) is 17.1 Å². The molecule has 2 aromatic rings. The highest BCUT2D eigenvalue weighted by Crippen LogP contribution is 2.29. The second-order valence-corrected chi connectivity index (χ2v) is 5.35. The molecular formula is C14H13N5O5. The number of carbonyl (C=O) groups is 2. The first kappa shape index (κ1) is 15.5. The van der Waals surface area contributed by atoms with E-state index < -0.39 is 17.7 Å². The lowest BCUT2D eigenvalue weighted by Gasteiger charge is -2.29. The van der Waals surface area contributed by atoms with Gasteiger partial charge in [0.15, 0.2) is 5.57 Å². The maximum atomic E-state index is 11.9. The number of aromatic nitrogens is 4. The molecule has 1 aliphatic rings. The molecule has 10 heteroatoms. The van der Waals surface area contributed by atoms with Crippen molar-refractivity contribution < 1.29 is 24.2 Å². The largest absolute Gasteiger partial charge is 0.506 e. The number of phenols is 1. The molecule has 10 nitrogen and oxygen atoms in total. The van der Waals surface area contributed by atoms with Crippen LogP contribution in [0.5, 0.6) is 5.75 Å². The molecule has 1 aromatic heterocycles. The van der Waals surface area contributed by atoms with Gasteiger partial charge in [-0.05, 0) is 23.4 Å². The highest BCUT2D eigenvalue weighted by molar-refractivity contribution is 6.15. The number of hydrogen-bond acceptors (Lipinski definition) is 9. The van der Waals surface area contributed by atoms with Gasteiger partial charge >= 0.3 is 11.9 Å². The van der Waals surface area contributed by atoms with Crippen molar-refractivity contribution in [2.45, 2.75) is 19.6 Å². The van der Waals surface area contributed by atoms with Crippen molar-refractivity contribution in [3.63, 3.8) is 0 Å². The zero-order chi connectivity index (χ0) is 17.3. The number of benzene rings is 1. The molecule has 0 radical (unpaired) electrons. The van der Waals surface area contributed by atoms with E-state index in [-0.39, 0.29) is 17.0 Å². The van der Waals surface area contributed by atoms with E-state index in [1.165, 1.54) is 26.0 Å². The highest BCUT2D eigenvalue weighted by Gasteiger charge is 2.38. The molecule has 0 unspecified atom stereocenters. The van der Waals surface area contributed by atoms with Crippen molar-refractivity contribution in [1.82, 2.24) is 20.6 Å². The van der Waals surface area contributed by atoms with Crippen molar-refractivity contribution in [2.24, 2.45) is 0 Å². The monoisotopic (exact) mass is 331 g/mol. The van der Waals surface area contributed by atoms with Gasteiger partial charge in [-0.2, -0.15) is 5.21 Å².